The lowest BCUT2D eigenvalue weighted by atomic mass is 10.0. The van der Waals surface area contributed by atoms with Gasteiger partial charge >= 0.3 is 0 Å². The Morgan fingerprint density at radius 1 is 1.35 bits per heavy atom. The molecule has 0 aliphatic rings. The lowest BCUT2D eigenvalue weighted by Crippen LogP contribution is -1.88. The summed E-state index contributed by atoms with van der Waals surface area (Å²) < 4.78 is 0. The number of hydrogen-bond acceptors (Lipinski definition) is 5. The average Bonchev–Trinajstić information content (AvgIpc) is 2.29. The predicted octanol–water partition coefficient (Wildman–Crippen LogP) is 3.42. The van der Waals surface area contributed by atoms with Crippen molar-refractivity contribution in [1.29, 1.82) is 5.53 Å². The third-order valence-corrected chi connectivity index (χ3v) is 2.60. The molecule has 0 spiro atoms. The molecule has 0 aromatic heterocycles. The predicted molar refractivity (Wildman–Crippen MR) is 61.8 cm³/mol. The van der Waals surface area contributed by atoms with Crippen LogP contribution in [0.4, 0.5) is 11.4 Å². The highest BCUT2D eigenvalue weighted by Crippen LogP contribution is 2.38. The van der Waals surface area contributed by atoms with Crippen LogP contribution in [0.5, 0.6) is 5.75 Å². The summed E-state index contributed by atoms with van der Waals surface area (Å²) in [4.78, 5) is 10.2. The molecule has 0 atom stereocenters. The lowest BCUT2D eigenvalue weighted by Gasteiger charge is -2.06. The molecule has 2 rings (SSSR count). The number of hydrogen-bond donors (Lipinski definition) is 2. The van der Waals surface area contributed by atoms with Gasteiger partial charge in [-0.3, -0.25) is 10.1 Å². The first-order valence-electron chi connectivity index (χ1n) is 4.82. The second-order valence-electron chi connectivity index (χ2n) is 3.66. The van der Waals surface area contributed by atoms with E-state index in [-0.39, 0.29) is 17.1 Å². The number of phenolic OH excluding ortho intramolecular Hbond substituents is 1. The number of nitrogens with one attached hydrogen (secondary N) is 1. The number of aromatic hydroxyl groups is 1. The molecule has 2 aromatic carbocycles. The number of nitrogens with zero attached hydrogens (tertiary/aromatic N) is 2. The largest absolute Gasteiger partial charge is 0.506 e. The fraction of sp³-hybridized carbons (Fsp3) is 0.0909. The van der Waals surface area contributed by atoms with E-state index in [2.05, 4.69) is 5.11 Å². The summed E-state index contributed by atoms with van der Waals surface area (Å²) in [6.45, 7) is 1.74. The fourth-order valence-electron chi connectivity index (χ4n) is 1.79. The Bertz CT molecular complexity index is 637. The third kappa shape index (κ3) is 1.69. The minimum atomic E-state index is -0.483. The second kappa shape index (κ2) is 3.82. The zero-order valence-electron chi connectivity index (χ0n) is 8.97. The zero-order valence-corrected chi connectivity index (χ0v) is 8.97. The summed E-state index contributed by atoms with van der Waals surface area (Å²) >= 11 is 0. The molecule has 0 radical (unpaired) electrons. The molecule has 0 amide bonds. The summed E-state index contributed by atoms with van der Waals surface area (Å²) in [5, 5.41) is 24.7. The monoisotopic (exact) mass is 231 g/mol. The van der Waals surface area contributed by atoms with Crippen LogP contribution < -0.4 is 0 Å². The van der Waals surface area contributed by atoms with Crippen molar-refractivity contribution in [2.45, 2.75) is 6.92 Å². The molecular formula is C11H9N3O3. The molecule has 0 saturated heterocycles. The Morgan fingerprint density at radius 2 is 2.06 bits per heavy atom. The van der Waals surface area contributed by atoms with Gasteiger partial charge in [0.25, 0.3) is 5.69 Å². The first kappa shape index (κ1) is 11.0. The Balaban J connectivity index is 2.88. The fourth-order valence-corrected chi connectivity index (χ4v) is 1.79. The number of rotatable bonds is 2. The Morgan fingerprint density at radius 3 is 2.65 bits per heavy atom. The van der Waals surface area contributed by atoms with E-state index in [0.29, 0.717) is 16.3 Å². The molecule has 0 fully saturated rings. The second-order valence-corrected chi connectivity index (χ2v) is 3.66. The van der Waals surface area contributed by atoms with E-state index >= 15 is 0 Å². The van der Waals surface area contributed by atoms with E-state index < -0.39 is 4.92 Å². The molecule has 86 valence electrons. The first-order valence-corrected chi connectivity index (χ1v) is 4.82. The number of non-ortho nitro benzene ring substituents is 1. The Hall–Kier alpha value is -2.50. The zero-order chi connectivity index (χ0) is 12.6. The molecule has 6 nitrogen and oxygen atoms in total. The van der Waals surface area contributed by atoms with Gasteiger partial charge in [0.2, 0.25) is 0 Å². The Kier molecular flexibility index (Phi) is 2.47. The number of benzene rings is 2. The molecule has 0 bridgehead atoms. The first-order chi connectivity index (χ1) is 8.04. The maximum atomic E-state index is 10.7. The van der Waals surface area contributed by atoms with Crippen molar-refractivity contribution in [3.8, 4) is 5.75 Å². The van der Waals surface area contributed by atoms with Crippen LogP contribution in [-0.2, 0) is 0 Å². The van der Waals surface area contributed by atoms with Crippen LogP contribution in [0.15, 0.2) is 29.4 Å². The molecule has 0 saturated carbocycles. The maximum absolute atomic E-state index is 10.7. The van der Waals surface area contributed by atoms with E-state index in [1.54, 1.807) is 6.92 Å². The highest BCUT2D eigenvalue weighted by atomic mass is 16.6. The van der Waals surface area contributed by atoms with E-state index in [0.717, 1.165) is 0 Å². The minimum Gasteiger partial charge on any atom is -0.506 e. The molecular weight excluding hydrogens is 222 g/mol. The van der Waals surface area contributed by atoms with E-state index in [1.807, 2.05) is 0 Å². The molecule has 6 heteroatoms. The topological polar surface area (TPSA) is 99.6 Å². The summed E-state index contributed by atoms with van der Waals surface area (Å²) in [5.41, 5.74) is 7.81. The number of fused-ring (bicyclic) bond motifs is 1. The van der Waals surface area contributed by atoms with Crippen molar-refractivity contribution in [2.24, 2.45) is 5.11 Å². The van der Waals surface area contributed by atoms with Gasteiger partial charge in [-0.2, -0.15) is 5.11 Å². The smallest absolute Gasteiger partial charge is 0.270 e. The number of nitro benzene ring substituents is 1. The average molecular weight is 231 g/mol. The van der Waals surface area contributed by atoms with Crippen molar-refractivity contribution in [3.05, 3.63) is 39.9 Å². The van der Waals surface area contributed by atoms with Crippen molar-refractivity contribution in [2.75, 3.05) is 0 Å². The van der Waals surface area contributed by atoms with Crippen LogP contribution in [0, 0.1) is 22.6 Å². The van der Waals surface area contributed by atoms with Gasteiger partial charge in [0.15, 0.2) is 0 Å². The summed E-state index contributed by atoms with van der Waals surface area (Å²) in [5.74, 6) is -0.0983. The molecule has 0 aliphatic heterocycles. The molecule has 0 unspecified atom stereocenters. The van der Waals surface area contributed by atoms with Gasteiger partial charge < -0.3 is 5.11 Å². The minimum absolute atomic E-state index is 0.0257. The lowest BCUT2D eigenvalue weighted by molar-refractivity contribution is -0.384. The number of phenols is 1. The summed E-state index contributed by atoms with van der Waals surface area (Å²) in [7, 11) is 0. The highest BCUT2D eigenvalue weighted by Gasteiger charge is 2.13. The van der Waals surface area contributed by atoms with Gasteiger partial charge in [-0.1, -0.05) is 0 Å². The quantitative estimate of drug-likeness (QED) is 0.470. The van der Waals surface area contributed by atoms with E-state index in [9.17, 15) is 15.2 Å². The van der Waals surface area contributed by atoms with E-state index in [1.165, 1.54) is 24.3 Å². The number of aryl methyl sites for hydroxylation is 1. The van der Waals surface area contributed by atoms with Crippen LogP contribution >= 0.6 is 0 Å². The maximum Gasteiger partial charge on any atom is 0.270 e. The standard InChI is InChI=1S/C11H9N3O3/c1-6-4-10(15)11(13-12)8-3-2-7(14(16)17)5-9(6)8/h2-5,12,15H,1H3. The van der Waals surface area contributed by atoms with Crippen LogP contribution in [0.2, 0.25) is 0 Å². The van der Waals surface area contributed by atoms with Crippen molar-refractivity contribution in [1.82, 2.24) is 0 Å². The third-order valence-electron chi connectivity index (χ3n) is 2.60. The Labute approximate surface area is 96.2 Å². The van der Waals surface area contributed by atoms with Gasteiger partial charge in [0, 0.05) is 17.5 Å². The summed E-state index contributed by atoms with van der Waals surface area (Å²) in [6, 6.07) is 5.68. The van der Waals surface area contributed by atoms with Crippen molar-refractivity contribution >= 4 is 22.1 Å². The molecule has 2 aromatic rings. The molecule has 0 heterocycles. The van der Waals surface area contributed by atoms with E-state index in [4.69, 9.17) is 5.53 Å². The van der Waals surface area contributed by atoms with Crippen LogP contribution in [0.25, 0.3) is 10.8 Å². The molecule has 0 aliphatic carbocycles. The summed E-state index contributed by atoms with van der Waals surface area (Å²) in [6.07, 6.45) is 0. The van der Waals surface area contributed by atoms with Crippen molar-refractivity contribution < 1.29 is 10.0 Å². The van der Waals surface area contributed by atoms with Crippen LogP contribution in [0.1, 0.15) is 5.56 Å². The number of nitro groups is 1. The molecule has 17 heavy (non-hydrogen) atoms. The van der Waals surface area contributed by atoms with Crippen LogP contribution in [0.3, 0.4) is 0 Å². The normalized spacial score (nSPS) is 10.4. The van der Waals surface area contributed by atoms with Gasteiger partial charge in [-0.25, -0.2) is 5.53 Å². The SMILES string of the molecule is Cc1cc(O)c(N=N)c2ccc([N+](=O)[O-])cc12. The van der Waals surface area contributed by atoms with Gasteiger partial charge in [0.1, 0.15) is 11.4 Å². The van der Waals surface area contributed by atoms with Crippen molar-refractivity contribution in [3.63, 3.8) is 0 Å². The van der Waals surface area contributed by atoms with Crippen LogP contribution in [-0.4, -0.2) is 10.0 Å². The van der Waals surface area contributed by atoms with Gasteiger partial charge in [-0.05, 0) is 30.0 Å². The van der Waals surface area contributed by atoms with Gasteiger partial charge in [0.05, 0.1) is 4.92 Å². The highest BCUT2D eigenvalue weighted by molar-refractivity contribution is 5.98. The van der Waals surface area contributed by atoms with Gasteiger partial charge in [-0.15, -0.1) is 0 Å². The molecule has 2 N–H and O–H groups in total.